The fraction of sp³-hybridized carbons (Fsp3) is 0.0909. The van der Waals surface area contributed by atoms with Crippen molar-refractivity contribution in [2.24, 2.45) is 0 Å². The highest BCUT2D eigenvalue weighted by Crippen LogP contribution is 2.35. The van der Waals surface area contributed by atoms with Gasteiger partial charge in [-0.1, -0.05) is 12.1 Å². The summed E-state index contributed by atoms with van der Waals surface area (Å²) >= 11 is 0. The highest BCUT2D eigenvalue weighted by molar-refractivity contribution is 5.89. The zero-order chi connectivity index (χ0) is 19.8. The molecule has 0 spiro atoms. The van der Waals surface area contributed by atoms with E-state index in [0.717, 1.165) is 27.9 Å². The molecular weight excluding hydrogens is 352 g/mol. The van der Waals surface area contributed by atoms with Gasteiger partial charge in [0.1, 0.15) is 17.9 Å². The molecule has 136 valence electrons. The molecule has 28 heavy (non-hydrogen) atoms. The fourth-order valence-corrected chi connectivity index (χ4v) is 3.27. The molecule has 0 aliphatic rings. The van der Waals surface area contributed by atoms with Gasteiger partial charge in [0, 0.05) is 28.6 Å². The predicted octanol–water partition coefficient (Wildman–Crippen LogP) is 4.44. The lowest BCUT2D eigenvalue weighted by molar-refractivity contribution is 0.112. The molecule has 2 heterocycles. The molecule has 0 amide bonds. The van der Waals surface area contributed by atoms with Crippen LogP contribution in [0, 0.1) is 25.2 Å². The van der Waals surface area contributed by atoms with Crippen molar-refractivity contribution in [3.63, 3.8) is 0 Å². The number of hydrogen-bond acceptors (Lipinski definition) is 6. The Kier molecular flexibility index (Phi) is 4.13. The number of carbonyl (C=O) groups excluding carboxylic acids is 1. The van der Waals surface area contributed by atoms with E-state index in [9.17, 15) is 10.1 Å². The number of nitriles is 1. The second-order valence-electron chi connectivity index (χ2n) is 6.52. The van der Waals surface area contributed by atoms with Gasteiger partial charge in [-0.2, -0.15) is 5.26 Å². The summed E-state index contributed by atoms with van der Waals surface area (Å²) in [7, 11) is 0. The van der Waals surface area contributed by atoms with Crippen molar-refractivity contribution in [2.75, 3.05) is 5.73 Å². The number of anilines is 1. The summed E-state index contributed by atoms with van der Waals surface area (Å²) in [6, 6.07) is 12.7. The van der Waals surface area contributed by atoms with Crippen molar-refractivity contribution in [1.82, 2.24) is 9.97 Å². The van der Waals surface area contributed by atoms with E-state index in [4.69, 9.17) is 10.2 Å². The van der Waals surface area contributed by atoms with E-state index in [1.807, 2.05) is 32.0 Å². The average Bonchev–Trinajstić information content (AvgIpc) is 3.13. The van der Waals surface area contributed by atoms with Gasteiger partial charge in [0.2, 0.25) is 5.89 Å². The van der Waals surface area contributed by atoms with Crippen molar-refractivity contribution in [2.45, 2.75) is 13.8 Å². The predicted molar refractivity (Wildman–Crippen MR) is 107 cm³/mol. The zero-order valence-corrected chi connectivity index (χ0v) is 15.4. The third-order valence-electron chi connectivity index (χ3n) is 4.83. The number of carbonyl (C=O) groups is 1. The minimum atomic E-state index is 0.278. The van der Waals surface area contributed by atoms with Crippen LogP contribution in [0.4, 0.5) is 5.69 Å². The summed E-state index contributed by atoms with van der Waals surface area (Å²) in [5, 5.41) is 9.37. The normalized spacial score (nSPS) is 10.8. The quantitative estimate of drug-likeness (QED) is 0.536. The number of aromatic nitrogens is 2. The van der Waals surface area contributed by atoms with E-state index in [-0.39, 0.29) is 5.56 Å². The van der Waals surface area contributed by atoms with Gasteiger partial charge in [-0.25, -0.2) is 4.98 Å². The maximum Gasteiger partial charge on any atom is 0.227 e. The summed E-state index contributed by atoms with van der Waals surface area (Å²) in [5.74, 6) is 0.385. The van der Waals surface area contributed by atoms with Gasteiger partial charge >= 0.3 is 0 Å². The monoisotopic (exact) mass is 368 g/mol. The van der Waals surface area contributed by atoms with Crippen LogP contribution in [0.15, 0.2) is 47.0 Å². The van der Waals surface area contributed by atoms with Crippen molar-refractivity contribution in [3.05, 3.63) is 64.8 Å². The van der Waals surface area contributed by atoms with Gasteiger partial charge < -0.3 is 10.2 Å². The first-order chi connectivity index (χ1) is 13.5. The van der Waals surface area contributed by atoms with E-state index >= 15 is 0 Å². The van der Waals surface area contributed by atoms with Crippen molar-refractivity contribution < 1.29 is 9.21 Å². The topological polar surface area (TPSA) is 106 Å². The Morgan fingerprint density at radius 1 is 1.14 bits per heavy atom. The Bertz CT molecular complexity index is 1280. The molecule has 0 aliphatic carbocycles. The van der Waals surface area contributed by atoms with E-state index in [2.05, 4.69) is 16.0 Å². The minimum absolute atomic E-state index is 0.278. The molecular formula is C22H16N4O2. The van der Waals surface area contributed by atoms with E-state index < -0.39 is 0 Å². The maximum atomic E-state index is 11.1. The Balaban J connectivity index is 1.93. The molecule has 0 bridgehead atoms. The molecule has 6 nitrogen and oxygen atoms in total. The number of fused-ring (bicyclic) bond motifs is 1. The lowest BCUT2D eigenvalue weighted by Gasteiger charge is -2.12. The van der Waals surface area contributed by atoms with Crippen molar-refractivity contribution >= 4 is 23.1 Å². The molecule has 0 radical (unpaired) electrons. The first kappa shape index (κ1) is 17.4. The largest absolute Gasteiger partial charge is 0.435 e. The lowest BCUT2D eigenvalue weighted by Crippen LogP contribution is -1.97. The summed E-state index contributed by atoms with van der Waals surface area (Å²) in [4.78, 5) is 20.1. The lowest BCUT2D eigenvalue weighted by atomic mass is 9.97. The molecule has 0 aliphatic heterocycles. The van der Waals surface area contributed by atoms with Crippen LogP contribution in [0.2, 0.25) is 0 Å². The molecule has 6 heteroatoms. The first-order valence-corrected chi connectivity index (χ1v) is 8.64. The van der Waals surface area contributed by atoms with Crippen LogP contribution in [-0.4, -0.2) is 16.3 Å². The van der Waals surface area contributed by atoms with Crippen molar-refractivity contribution in [3.8, 4) is 28.8 Å². The first-order valence-electron chi connectivity index (χ1n) is 8.64. The van der Waals surface area contributed by atoms with Gasteiger partial charge in [0.15, 0.2) is 5.58 Å². The standard InChI is InChI=1S/C22H16N4O2/c1-12-16(20-13(2)18(24)6-7-25-20)4-3-5-17(12)22-26-19-9-14(11-27)8-15(10-23)21(19)28-22/h3-9,11H,1-2H3,(H2,24,25). The SMILES string of the molecule is Cc1c(-c2nc3cc(C=O)cc(C#N)c3o2)cccc1-c1nccc(N)c1C. The molecule has 0 saturated heterocycles. The number of pyridine rings is 1. The molecule has 0 atom stereocenters. The van der Waals surface area contributed by atoms with E-state index in [1.165, 1.54) is 6.07 Å². The number of rotatable bonds is 3. The van der Waals surface area contributed by atoms with Crippen LogP contribution < -0.4 is 5.73 Å². The zero-order valence-electron chi connectivity index (χ0n) is 15.4. The summed E-state index contributed by atoms with van der Waals surface area (Å²) in [6.45, 7) is 3.90. The average molecular weight is 368 g/mol. The number of oxazole rings is 1. The Labute approximate surface area is 161 Å². The number of nitrogens with zero attached hydrogens (tertiary/aromatic N) is 3. The molecule has 2 N–H and O–H groups in total. The second-order valence-corrected chi connectivity index (χ2v) is 6.52. The van der Waals surface area contributed by atoms with Gasteiger partial charge in [-0.05, 0) is 49.2 Å². The molecule has 4 aromatic rings. The van der Waals surface area contributed by atoms with Gasteiger partial charge in [0.25, 0.3) is 0 Å². The Hall–Kier alpha value is -3.98. The number of nitrogens with two attached hydrogens (primary N) is 1. The highest BCUT2D eigenvalue weighted by Gasteiger charge is 2.18. The van der Waals surface area contributed by atoms with Crippen LogP contribution in [0.3, 0.4) is 0 Å². The number of benzene rings is 2. The number of aldehydes is 1. The van der Waals surface area contributed by atoms with Crippen LogP contribution >= 0.6 is 0 Å². The molecule has 4 rings (SSSR count). The van der Waals surface area contributed by atoms with Gasteiger partial charge in [-0.3, -0.25) is 9.78 Å². The van der Waals surface area contributed by atoms with Crippen LogP contribution in [0.1, 0.15) is 27.0 Å². The highest BCUT2D eigenvalue weighted by atomic mass is 16.3. The molecule has 0 unspecified atom stereocenters. The van der Waals surface area contributed by atoms with Gasteiger partial charge in [-0.15, -0.1) is 0 Å². The minimum Gasteiger partial charge on any atom is -0.435 e. The smallest absolute Gasteiger partial charge is 0.227 e. The summed E-state index contributed by atoms with van der Waals surface area (Å²) in [5.41, 5.74) is 12.6. The summed E-state index contributed by atoms with van der Waals surface area (Å²) in [6.07, 6.45) is 2.37. The van der Waals surface area contributed by atoms with E-state index in [0.29, 0.717) is 34.5 Å². The molecule has 2 aromatic carbocycles. The third-order valence-corrected chi connectivity index (χ3v) is 4.83. The number of hydrogen-bond donors (Lipinski definition) is 1. The van der Waals surface area contributed by atoms with Crippen LogP contribution in [0.25, 0.3) is 33.8 Å². The Morgan fingerprint density at radius 3 is 2.68 bits per heavy atom. The summed E-state index contributed by atoms with van der Waals surface area (Å²) < 4.78 is 5.91. The van der Waals surface area contributed by atoms with Crippen molar-refractivity contribution in [1.29, 1.82) is 5.26 Å². The van der Waals surface area contributed by atoms with Crippen LogP contribution in [-0.2, 0) is 0 Å². The maximum absolute atomic E-state index is 11.1. The Morgan fingerprint density at radius 2 is 1.93 bits per heavy atom. The second kappa shape index (κ2) is 6.63. The molecule has 0 saturated carbocycles. The third kappa shape index (κ3) is 2.70. The van der Waals surface area contributed by atoms with E-state index in [1.54, 1.807) is 18.3 Å². The fourth-order valence-electron chi connectivity index (χ4n) is 3.27. The van der Waals surface area contributed by atoms with Crippen LogP contribution in [0.5, 0.6) is 0 Å². The molecule has 2 aromatic heterocycles. The molecule has 0 fully saturated rings. The van der Waals surface area contributed by atoms with Gasteiger partial charge in [0.05, 0.1) is 11.3 Å². The number of nitrogen functional groups attached to an aromatic ring is 1.